The molecule has 0 radical (unpaired) electrons. The SMILES string of the molecule is C=CCN1C(=O)COc2ccc(-c3csc(NC(=O)COc4ccc(C)cc4)n3)cc21. The molecule has 0 aliphatic carbocycles. The molecule has 31 heavy (non-hydrogen) atoms. The molecule has 158 valence electrons. The first-order chi connectivity index (χ1) is 15.0. The van der Waals surface area contributed by atoms with E-state index in [2.05, 4.69) is 16.9 Å². The third-order valence-electron chi connectivity index (χ3n) is 4.65. The number of amides is 2. The van der Waals surface area contributed by atoms with Crippen molar-refractivity contribution < 1.29 is 19.1 Å². The maximum absolute atomic E-state index is 12.2. The number of thiazole rings is 1. The predicted molar refractivity (Wildman–Crippen MR) is 121 cm³/mol. The van der Waals surface area contributed by atoms with E-state index in [0.29, 0.717) is 34.6 Å². The first-order valence-electron chi connectivity index (χ1n) is 9.67. The fraction of sp³-hybridized carbons (Fsp3) is 0.174. The van der Waals surface area contributed by atoms with Crippen LogP contribution in [0.4, 0.5) is 10.8 Å². The number of carbonyl (C=O) groups excluding carboxylic acids is 2. The third kappa shape index (κ3) is 4.75. The molecule has 0 saturated heterocycles. The Morgan fingerprint density at radius 2 is 2.13 bits per heavy atom. The minimum absolute atomic E-state index is 0.0116. The lowest BCUT2D eigenvalue weighted by molar-refractivity contribution is -0.121. The molecule has 2 amide bonds. The molecule has 3 aromatic rings. The van der Waals surface area contributed by atoms with E-state index in [4.69, 9.17) is 9.47 Å². The number of benzene rings is 2. The van der Waals surface area contributed by atoms with E-state index in [-0.39, 0.29) is 25.0 Å². The summed E-state index contributed by atoms with van der Waals surface area (Å²) in [6.45, 7) is 6.01. The van der Waals surface area contributed by atoms with Crippen LogP contribution in [0.2, 0.25) is 0 Å². The zero-order valence-corrected chi connectivity index (χ0v) is 17.8. The van der Waals surface area contributed by atoms with Gasteiger partial charge in [-0.25, -0.2) is 4.98 Å². The Hall–Kier alpha value is -3.65. The number of hydrogen-bond donors (Lipinski definition) is 1. The molecule has 0 spiro atoms. The summed E-state index contributed by atoms with van der Waals surface area (Å²) in [5, 5.41) is 5.07. The number of fused-ring (bicyclic) bond motifs is 1. The second-order valence-electron chi connectivity index (χ2n) is 6.95. The van der Waals surface area contributed by atoms with Gasteiger partial charge in [-0.3, -0.25) is 14.9 Å². The molecule has 1 aromatic heterocycles. The van der Waals surface area contributed by atoms with Gasteiger partial charge in [0.25, 0.3) is 11.8 Å². The van der Waals surface area contributed by atoms with Crippen LogP contribution in [0.5, 0.6) is 11.5 Å². The van der Waals surface area contributed by atoms with Gasteiger partial charge in [0.1, 0.15) is 11.5 Å². The van der Waals surface area contributed by atoms with Crippen molar-refractivity contribution in [3.63, 3.8) is 0 Å². The Balaban J connectivity index is 1.44. The molecule has 0 saturated carbocycles. The summed E-state index contributed by atoms with van der Waals surface area (Å²) in [4.78, 5) is 30.5. The second kappa shape index (κ2) is 9.01. The van der Waals surface area contributed by atoms with Crippen LogP contribution in [0, 0.1) is 6.92 Å². The number of ether oxygens (including phenoxy) is 2. The lowest BCUT2D eigenvalue weighted by atomic mass is 10.1. The molecule has 0 fully saturated rings. The normalized spacial score (nSPS) is 12.7. The Morgan fingerprint density at radius 1 is 1.32 bits per heavy atom. The molecule has 0 atom stereocenters. The number of nitrogens with one attached hydrogen (secondary N) is 1. The van der Waals surface area contributed by atoms with Crippen LogP contribution in [0.1, 0.15) is 5.56 Å². The molecular weight excluding hydrogens is 414 g/mol. The minimum atomic E-state index is -0.289. The highest BCUT2D eigenvalue weighted by Crippen LogP contribution is 2.36. The Morgan fingerprint density at radius 3 is 2.90 bits per heavy atom. The van der Waals surface area contributed by atoms with Gasteiger partial charge >= 0.3 is 0 Å². The quantitative estimate of drug-likeness (QED) is 0.567. The van der Waals surface area contributed by atoms with Crippen molar-refractivity contribution in [2.45, 2.75) is 6.92 Å². The zero-order chi connectivity index (χ0) is 21.8. The highest BCUT2D eigenvalue weighted by atomic mass is 32.1. The number of carbonyl (C=O) groups is 2. The fourth-order valence-corrected chi connectivity index (χ4v) is 3.83. The van der Waals surface area contributed by atoms with Crippen molar-refractivity contribution in [3.8, 4) is 22.8 Å². The molecule has 2 aromatic carbocycles. The van der Waals surface area contributed by atoms with E-state index < -0.39 is 0 Å². The summed E-state index contributed by atoms with van der Waals surface area (Å²) in [6, 6.07) is 13.1. The standard InChI is InChI=1S/C23H21N3O4S/c1-3-10-26-19-11-16(6-9-20(19)30-13-22(26)28)18-14-31-23(24-18)25-21(27)12-29-17-7-4-15(2)5-8-17/h3-9,11,14H,1,10,12-13H2,2H3,(H,24,25,27). The van der Waals surface area contributed by atoms with Gasteiger partial charge in [-0.1, -0.05) is 23.8 Å². The number of hydrogen-bond acceptors (Lipinski definition) is 6. The van der Waals surface area contributed by atoms with E-state index in [1.54, 1.807) is 11.0 Å². The number of anilines is 2. The van der Waals surface area contributed by atoms with E-state index in [9.17, 15) is 9.59 Å². The predicted octanol–water partition coefficient (Wildman–Crippen LogP) is 4.05. The molecule has 2 heterocycles. The van der Waals surface area contributed by atoms with Crippen LogP contribution in [0.15, 0.2) is 60.5 Å². The summed E-state index contributed by atoms with van der Waals surface area (Å²) in [7, 11) is 0. The zero-order valence-electron chi connectivity index (χ0n) is 17.0. The highest BCUT2D eigenvalue weighted by molar-refractivity contribution is 7.14. The van der Waals surface area contributed by atoms with Crippen molar-refractivity contribution in [1.29, 1.82) is 0 Å². The third-order valence-corrected chi connectivity index (χ3v) is 5.41. The minimum Gasteiger partial charge on any atom is -0.484 e. The van der Waals surface area contributed by atoms with Crippen molar-refractivity contribution in [2.75, 3.05) is 30.0 Å². The van der Waals surface area contributed by atoms with Crippen molar-refractivity contribution in [3.05, 3.63) is 66.1 Å². The molecule has 1 aliphatic heterocycles. The monoisotopic (exact) mass is 435 g/mol. The van der Waals surface area contributed by atoms with E-state index >= 15 is 0 Å². The molecule has 1 N–H and O–H groups in total. The molecule has 0 bridgehead atoms. The molecule has 0 unspecified atom stereocenters. The molecule has 4 rings (SSSR count). The lowest BCUT2D eigenvalue weighted by Gasteiger charge is -2.28. The van der Waals surface area contributed by atoms with Gasteiger partial charge in [0.2, 0.25) is 0 Å². The summed E-state index contributed by atoms with van der Waals surface area (Å²) in [5.74, 6) is 0.866. The number of rotatable bonds is 7. The van der Waals surface area contributed by atoms with Crippen molar-refractivity contribution in [2.24, 2.45) is 0 Å². The average Bonchev–Trinajstić information content (AvgIpc) is 3.23. The maximum atomic E-state index is 12.2. The summed E-state index contributed by atoms with van der Waals surface area (Å²) < 4.78 is 11.0. The highest BCUT2D eigenvalue weighted by Gasteiger charge is 2.25. The van der Waals surface area contributed by atoms with E-state index in [1.807, 2.05) is 54.8 Å². The fourth-order valence-electron chi connectivity index (χ4n) is 3.09. The van der Waals surface area contributed by atoms with Gasteiger partial charge in [0.05, 0.1) is 11.4 Å². The maximum Gasteiger partial charge on any atom is 0.265 e. The van der Waals surface area contributed by atoms with Gasteiger partial charge < -0.3 is 14.4 Å². The number of aryl methyl sites for hydroxylation is 1. The van der Waals surface area contributed by atoms with Crippen LogP contribution >= 0.6 is 11.3 Å². The van der Waals surface area contributed by atoms with Crippen molar-refractivity contribution in [1.82, 2.24) is 4.98 Å². The first kappa shape index (κ1) is 20.6. The second-order valence-corrected chi connectivity index (χ2v) is 7.81. The molecule has 1 aliphatic rings. The van der Waals surface area contributed by atoms with Gasteiger partial charge in [0.15, 0.2) is 18.3 Å². The Kier molecular flexibility index (Phi) is 5.99. The van der Waals surface area contributed by atoms with Gasteiger partial charge in [-0.15, -0.1) is 17.9 Å². The summed E-state index contributed by atoms with van der Waals surface area (Å²) in [5.41, 5.74) is 3.31. The van der Waals surface area contributed by atoms with Gasteiger partial charge in [-0.05, 0) is 37.3 Å². The van der Waals surface area contributed by atoms with Crippen LogP contribution in [-0.2, 0) is 9.59 Å². The molecular formula is C23H21N3O4S. The largest absolute Gasteiger partial charge is 0.484 e. The number of nitrogens with zero attached hydrogens (tertiary/aromatic N) is 2. The van der Waals surface area contributed by atoms with Crippen LogP contribution in [0.3, 0.4) is 0 Å². The number of aromatic nitrogens is 1. The van der Waals surface area contributed by atoms with Gasteiger partial charge in [-0.2, -0.15) is 0 Å². The van der Waals surface area contributed by atoms with Crippen molar-refractivity contribution >= 4 is 34.0 Å². The van der Waals surface area contributed by atoms with Crippen LogP contribution < -0.4 is 19.7 Å². The average molecular weight is 436 g/mol. The van der Waals surface area contributed by atoms with E-state index in [0.717, 1.165) is 11.1 Å². The molecule has 8 heteroatoms. The Labute approximate surface area is 183 Å². The molecule has 7 nitrogen and oxygen atoms in total. The first-order valence-corrected chi connectivity index (χ1v) is 10.5. The lowest BCUT2D eigenvalue weighted by Crippen LogP contribution is -2.38. The van der Waals surface area contributed by atoms with E-state index in [1.165, 1.54) is 11.3 Å². The topological polar surface area (TPSA) is 80.8 Å². The van der Waals surface area contributed by atoms with Gasteiger partial charge in [0, 0.05) is 17.5 Å². The van der Waals surface area contributed by atoms with Crippen LogP contribution in [0.25, 0.3) is 11.3 Å². The van der Waals surface area contributed by atoms with Crippen LogP contribution in [-0.4, -0.2) is 36.6 Å². The summed E-state index contributed by atoms with van der Waals surface area (Å²) >= 11 is 1.32. The Bertz CT molecular complexity index is 1120. The summed E-state index contributed by atoms with van der Waals surface area (Å²) in [6.07, 6.45) is 1.68. The smallest absolute Gasteiger partial charge is 0.265 e.